The summed E-state index contributed by atoms with van der Waals surface area (Å²) in [5, 5.41) is 0. The van der Waals surface area contributed by atoms with Crippen LogP contribution in [0.3, 0.4) is 0 Å². The standard InChI is InChI=1S/C13H16F2N2S/c1-2-5-17(9-3-4-9)12-10(14)6-8(13(16)18)7-11(12)15/h6-7,9H,2-5H2,1H3,(H2,16,18). The second-order valence-electron chi connectivity index (χ2n) is 4.58. The summed E-state index contributed by atoms with van der Waals surface area (Å²) >= 11 is 4.74. The van der Waals surface area contributed by atoms with Gasteiger partial charge in [0.2, 0.25) is 0 Å². The van der Waals surface area contributed by atoms with Crippen LogP contribution in [-0.4, -0.2) is 17.6 Å². The molecule has 0 aromatic heterocycles. The van der Waals surface area contributed by atoms with Crippen LogP contribution in [0.25, 0.3) is 0 Å². The maximum absolute atomic E-state index is 14.0. The van der Waals surface area contributed by atoms with Crippen LogP contribution in [0.2, 0.25) is 0 Å². The van der Waals surface area contributed by atoms with E-state index in [1.165, 1.54) is 12.1 Å². The number of anilines is 1. The highest BCUT2D eigenvalue weighted by atomic mass is 32.1. The van der Waals surface area contributed by atoms with Crippen LogP contribution >= 0.6 is 12.2 Å². The van der Waals surface area contributed by atoms with Crippen molar-refractivity contribution >= 4 is 22.9 Å². The van der Waals surface area contributed by atoms with E-state index in [1.807, 2.05) is 11.8 Å². The van der Waals surface area contributed by atoms with Crippen molar-refractivity contribution in [2.45, 2.75) is 32.2 Å². The molecule has 5 heteroatoms. The zero-order chi connectivity index (χ0) is 13.3. The SMILES string of the molecule is CCCN(c1c(F)cc(C(N)=S)cc1F)C1CC1. The topological polar surface area (TPSA) is 29.3 Å². The van der Waals surface area contributed by atoms with Crippen LogP contribution in [0.5, 0.6) is 0 Å². The van der Waals surface area contributed by atoms with Crippen molar-refractivity contribution in [3.05, 3.63) is 29.3 Å². The maximum atomic E-state index is 14.0. The number of hydrogen-bond donors (Lipinski definition) is 1. The molecule has 1 aliphatic rings. The first-order valence-electron chi connectivity index (χ1n) is 6.10. The van der Waals surface area contributed by atoms with Crippen molar-refractivity contribution in [2.75, 3.05) is 11.4 Å². The first-order chi connectivity index (χ1) is 8.54. The zero-order valence-corrected chi connectivity index (χ0v) is 11.1. The quantitative estimate of drug-likeness (QED) is 0.834. The van der Waals surface area contributed by atoms with Crippen molar-refractivity contribution in [2.24, 2.45) is 5.73 Å². The molecule has 0 radical (unpaired) electrons. The molecule has 0 bridgehead atoms. The van der Waals surface area contributed by atoms with E-state index in [1.54, 1.807) is 0 Å². The third kappa shape index (κ3) is 2.61. The second kappa shape index (κ2) is 5.18. The molecular weight excluding hydrogens is 254 g/mol. The van der Waals surface area contributed by atoms with E-state index in [9.17, 15) is 8.78 Å². The highest BCUT2D eigenvalue weighted by Crippen LogP contribution is 2.35. The Hall–Kier alpha value is -1.23. The van der Waals surface area contributed by atoms with Crippen molar-refractivity contribution in [3.8, 4) is 0 Å². The van der Waals surface area contributed by atoms with Gasteiger partial charge < -0.3 is 10.6 Å². The molecule has 2 rings (SSSR count). The van der Waals surface area contributed by atoms with Gasteiger partial charge in [0.15, 0.2) is 0 Å². The van der Waals surface area contributed by atoms with Crippen LogP contribution in [0.4, 0.5) is 14.5 Å². The molecule has 0 spiro atoms. The lowest BCUT2D eigenvalue weighted by molar-refractivity contribution is 0.567. The Bertz CT molecular complexity index is 449. The predicted octanol–water partition coefficient (Wildman–Crippen LogP) is 2.98. The summed E-state index contributed by atoms with van der Waals surface area (Å²) < 4.78 is 28.1. The minimum atomic E-state index is -0.585. The van der Waals surface area contributed by atoms with Crippen molar-refractivity contribution < 1.29 is 8.78 Å². The van der Waals surface area contributed by atoms with Crippen LogP contribution in [-0.2, 0) is 0 Å². The molecule has 0 amide bonds. The Kier molecular flexibility index (Phi) is 3.80. The fraction of sp³-hybridized carbons (Fsp3) is 0.462. The van der Waals surface area contributed by atoms with E-state index in [-0.39, 0.29) is 22.3 Å². The number of benzene rings is 1. The first-order valence-corrected chi connectivity index (χ1v) is 6.51. The lowest BCUT2D eigenvalue weighted by Crippen LogP contribution is -2.28. The fourth-order valence-corrected chi connectivity index (χ4v) is 2.20. The average Bonchev–Trinajstić information content (AvgIpc) is 3.10. The summed E-state index contributed by atoms with van der Waals surface area (Å²) in [5.41, 5.74) is 5.68. The van der Waals surface area contributed by atoms with Gasteiger partial charge in [-0.1, -0.05) is 19.1 Å². The normalized spacial score (nSPS) is 14.6. The largest absolute Gasteiger partial charge is 0.389 e. The van der Waals surface area contributed by atoms with Gasteiger partial charge in [-0.25, -0.2) is 8.78 Å². The number of rotatable bonds is 5. The van der Waals surface area contributed by atoms with Gasteiger partial charge >= 0.3 is 0 Å². The van der Waals surface area contributed by atoms with Crippen LogP contribution in [0, 0.1) is 11.6 Å². The molecule has 98 valence electrons. The summed E-state index contributed by atoms with van der Waals surface area (Å²) in [7, 11) is 0. The van der Waals surface area contributed by atoms with Gasteiger partial charge in [-0.3, -0.25) is 0 Å². The van der Waals surface area contributed by atoms with Gasteiger partial charge in [-0.05, 0) is 31.4 Å². The Balaban J connectivity index is 2.39. The molecule has 0 saturated heterocycles. The Morgan fingerprint density at radius 2 is 1.94 bits per heavy atom. The number of hydrogen-bond acceptors (Lipinski definition) is 2. The maximum Gasteiger partial charge on any atom is 0.150 e. The third-order valence-electron chi connectivity index (χ3n) is 3.04. The Morgan fingerprint density at radius 3 is 2.33 bits per heavy atom. The molecule has 18 heavy (non-hydrogen) atoms. The molecule has 2 N–H and O–H groups in total. The third-order valence-corrected chi connectivity index (χ3v) is 3.28. The number of thiocarbonyl (C=S) groups is 1. The van der Waals surface area contributed by atoms with Crippen LogP contribution in [0.15, 0.2) is 12.1 Å². The summed E-state index contributed by atoms with van der Waals surface area (Å²) in [5.74, 6) is -1.17. The van der Waals surface area contributed by atoms with Gasteiger partial charge in [-0.15, -0.1) is 0 Å². The molecule has 1 aromatic rings. The number of halogens is 2. The van der Waals surface area contributed by atoms with Crippen LogP contribution in [0.1, 0.15) is 31.7 Å². The lowest BCUT2D eigenvalue weighted by Gasteiger charge is -2.25. The van der Waals surface area contributed by atoms with Gasteiger partial charge in [0.25, 0.3) is 0 Å². The molecule has 0 heterocycles. The molecule has 1 saturated carbocycles. The van der Waals surface area contributed by atoms with E-state index in [0.29, 0.717) is 6.54 Å². The minimum absolute atomic E-state index is 0.00723. The highest BCUT2D eigenvalue weighted by molar-refractivity contribution is 7.80. The molecule has 1 aliphatic carbocycles. The molecule has 0 aliphatic heterocycles. The molecule has 1 fully saturated rings. The summed E-state index contributed by atoms with van der Waals surface area (Å²) in [6, 6.07) is 2.70. The fourth-order valence-electron chi connectivity index (χ4n) is 2.09. The van der Waals surface area contributed by atoms with Crippen molar-refractivity contribution in [3.63, 3.8) is 0 Å². The summed E-state index contributed by atoms with van der Waals surface area (Å²) in [4.78, 5) is 1.82. The van der Waals surface area contributed by atoms with E-state index < -0.39 is 11.6 Å². The van der Waals surface area contributed by atoms with Crippen LogP contribution < -0.4 is 10.6 Å². The Labute approximate surface area is 111 Å². The van der Waals surface area contributed by atoms with Crippen molar-refractivity contribution in [1.82, 2.24) is 0 Å². The van der Waals surface area contributed by atoms with E-state index in [4.69, 9.17) is 18.0 Å². The second-order valence-corrected chi connectivity index (χ2v) is 5.02. The Morgan fingerprint density at radius 1 is 1.39 bits per heavy atom. The molecule has 0 atom stereocenters. The van der Waals surface area contributed by atoms with Gasteiger partial charge in [0.05, 0.1) is 0 Å². The highest BCUT2D eigenvalue weighted by Gasteiger charge is 2.32. The van der Waals surface area contributed by atoms with Gasteiger partial charge in [-0.2, -0.15) is 0 Å². The molecule has 1 aromatic carbocycles. The molecule has 0 unspecified atom stereocenters. The van der Waals surface area contributed by atoms with E-state index in [2.05, 4.69) is 0 Å². The number of nitrogens with zero attached hydrogens (tertiary/aromatic N) is 1. The molecule has 2 nitrogen and oxygen atoms in total. The molecular formula is C13H16F2N2S. The van der Waals surface area contributed by atoms with Crippen molar-refractivity contribution in [1.29, 1.82) is 0 Å². The first kappa shape index (κ1) is 13.2. The van der Waals surface area contributed by atoms with E-state index in [0.717, 1.165) is 19.3 Å². The summed E-state index contributed by atoms with van der Waals surface area (Å²) in [6.45, 7) is 2.65. The van der Waals surface area contributed by atoms with Gasteiger partial charge in [0.1, 0.15) is 22.3 Å². The van der Waals surface area contributed by atoms with Gasteiger partial charge in [0, 0.05) is 18.2 Å². The van der Waals surface area contributed by atoms with E-state index >= 15 is 0 Å². The monoisotopic (exact) mass is 270 g/mol. The summed E-state index contributed by atoms with van der Waals surface area (Å²) in [6.07, 6.45) is 2.85. The predicted molar refractivity (Wildman–Crippen MR) is 72.9 cm³/mol. The zero-order valence-electron chi connectivity index (χ0n) is 10.2. The lowest BCUT2D eigenvalue weighted by atomic mass is 10.1. The number of nitrogens with two attached hydrogens (primary N) is 1. The minimum Gasteiger partial charge on any atom is -0.389 e. The average molecular weight is 270 g/mol. The smallest absolute Gasteiger partial charge is 0.150 e.